The highest BCUT2D eigenvalue weighted by atomic mass is 32.1. The van der Waals surface area contributed by atoms with Gasteiger partial charge in [0.15, 0.2) is 0 Å². The summed E-state index contributed by atoms with van der Waals surface area (Å²) >= 11 is 6.03. The number of aryl methyl sites for hydroxylation is 1. The van der Waals surface area contributed by atoms with Gasteiger partial charge in [0, 0.05) is 17.7 Å². The minimum Gasteiger partial charge on any atom is -0.378 e. The summed E-state index contributed by atoms with van der Waals surface area (Å²) in [5.41, 5.74) is 1.06. The molecule has 13 heavy (non-hydrogen) atoms. The molecule has 0 aliphatic rings. The minimum absolute atomic E-state index is 0.607. The largest absolute Gasteiger partial charge is 0.378 e. The molecule has 0 spiro atoms. The van der Waals surface area contributed by atoms with Crippen molar-refractivity contribution < 1.29 is 4.74 Å². The Hall–Kier alpha value is -0.0600. The first-order valence-electron chi connectivity index (χ1n) is 4.39. The summed E-state index contributed by atoms with van der Waals surface area (Å²) in [7, 11) is 1.70. The Bertz CT molecular complexity index is 260. The highest BCUT2D eigenvalue weighted by molar-refractivity contribution is 7.79. The van der Waals surface area contributed by atoms with E-state index in [0.717, 1.165) is 24.3 Å². The Labute approximate surface area is 88.7 Å². The summed E-state index contributed by atoms with van der Waals surface area (Å²) < 4.78 is 5.07. The fourth-order valence-corrected chi connectivity index (χ4v) is 2.54. The van der Waals surface area contributed by atoms with Crippen molar-refractivity contribution in [1.29, 1.82) is 0 Å². The van der Waals surface area contributed by atoms with Crippen LogP contribution in [0.1, 0.15) is 28.9 Å². The average Bonchev–Trinajstić information content (AvgIpc) is 2.49. The van der Waals surface area contributed by atoms with Gasteiger partial charge in [-0.25, -0.2) is 4.98 Å². The summed E-state index contributed by atoms with van der Waals surface area (Å²) in [6, 6.07) is 0. The van der Waals surface area contributed by atoms with Crippen LogP contribution in [0.4, 0.5) is 0 Å². The molecule has 0 atom stereocenters. The zero-order valence-corrected chi connectivity index (χ0v) is 9.75. The minimum atomic E-state index is 0.607. The van der Waals surface area contributed by atoms with Crippen LogP contribution in [0.5, 0.6) is 0 Å². The summed E-state index contributed by atoms with van der Waals surface area (Å²) in [4.78, 5) is 5.75. The van der Waals surface area contributed by atoms with Crippen LogP contribution in [0.25, 0.3) is 0 Å². The second-order valence-corrected chi connectivity index (χ2v) is 4.30. The van der Waals surface area contributed by atoms with E-state index in [-0.39, 0.29) is 0 Å². The van der Waals surface area contributed by atoms with Gasteiger partial charge < -0.3 is 4.74 Å². The molecule has 0 amide bonds. The molecule has 74 valence electrons. The van der Waals surface area contributed by atoms with E-state index < -0.39 is 0 Å². The Balaban J connectivity index is 2.77. The summed E-state index contributed by atoms with van der Waals surface area (Å²) in [6.07, 6.45) is 2.21. The maximum atomic E-state index is 5.07. The van der Waals surface area contributed by atoms with Crippen molar-refractivity contribution in [3.8, 4) is 0 Å². The van der Waals surface area contributed by atoms with Gasteiger partial charge >= 0.3 is 0 Å². The number of ether oxygens (including phenoxy) is 1. The molecule has 1 aromatic heterocycles. The molecule has 0 aliphatic heterocycles. The molecule has 1 rings (SSSR count). The Morgan fingerprint density at radius 3 is 2.85 bits per heavy atom. The zero-order chi connectivity index (χ0) is 9.68. The molecule has 0 unspecified atom stereocenters. The van der Waals surface area contributed by atoms with Gasteiger partial charge in [-0.3, -0.25) is 0 Å². The number of aromatic nitrogens is 1. The molecule has 0 fully saturated rings. The molecule has 0 N–H and O–H groups in total. The molecule has 0 saturated carbocycles. The molecule has 1 heterocycles. The van der Waals surface area contributed by atoms with Crippen LogP contribution in [-0.2, 0) is 23.5 Å². The molecule has 2 nitrogen and oxygen atoms in total. The van der Waals surface area contributed by atoms with Crippen LogP contribution in [0.2, 0.25) is 0 Å². The lowest BCUT2D eigenvalue weighted by Crippen LogP contribution is -1.92. The van der Waals surface area contributed by atoms with Crippen molar-refractivity contribution in [2.45, 2.75) is 32.1 Å². The number of thiazole rings is 1. The Morgan fingerprint density at radius 1 is 1.54 bits per heavy atom. The summed E-state index contributed by atoms with van der Waals surface area (Å²) in [5, 5.41) is 1.21. The average molecular weight is 217 g/mol. The number of hydrogen-bond acceptors (Lipinski definition) is 4. The van der Waals surface area contributed by atoms with Crippen molar-refractivity contribution in [2.24, 2.45) is 0 Å². The van der Waals surface area contributed by atoms with Crippen molar-refractivity contribution in [2.75, 3.05) is 7.11 Å². The summed E-state index contributed by atoms with van der Waals surface area (Å²) in [5.74, 6) is 0.764. The van der Waals surface area contributed by atoms with Crippen molar-refractivity contribution in [3.63, 3.8) is 0 Å². The number of thiol groups is 1. The Morgan fingerprint density at radius 2 is 2.31 bits per heavy atom. The third-order valence-corrected chi connectivity index (χ3v) is 3.40. The first-order valence-corrected chi connectivity index (χ1v) is 5.84. The van der Waals surface area contributed by atoms with Gasteiger partial charge in [-0.05, 0) is 12.8 Å². The molecule has 1 aromatic rings. The van der Waals surface area contributed by atoms with E-state index >= 15 is 0 Å². The third kappa shape index (κ3) is 2.97. The van der Waals surface area contributed by atoms with E-state index in [0.29, 0.717) is 6.61 Å². The smallest absolute Gasteiger partial charge is 0.0932 e. The summed E-state index contributed by atoms with van der Waals surface area (Å²) in [6.45, 7) is 2.77. The fraction of sp³-hybridized carbons (Fsp3) is 0.667. The van der Waals surface area contributed by atoms with Crippen LogP contribution in [0, 0.1) is 0 Å². The van der Waals surface area contributed by atoms with Gasteiger partial charge in [-0.15, -0.1) is 11.3 Å². The molecule has 0 radical (unpaired) electrons. The zero-order valence-electron chi connectivity index (χ0n) is 8.04. The van der Waals surface area contributed by atoms with E-state index in [1.807, 2.05) is 0 Å². The number of methoxy groups -OCH3 is 1. The van der Waals surface area contributed by atoms with Crippen molar-refractivity contribution in [1.82, 2.24) is 4.98 Å². The molecule has 0 aromatic carbocycles. The first-order chi connectivity index (χ1) is 6.31. The first kappa shape index (κ1) is 11.0. The van der Waals surface area contributed by atoms with Gasteiger partial charge in [-0.1, -0.05) is 6.92 Å². The quantitative estimate of drug-likeness (QED) is 0.766. The third-order valence-electron chi connectivity index (χ3n) is 1.71. The highest BCUT2D eigenvalue weighted by Gasteiger charge is 2.08. The monoisotopic (exact) mass is 217 g/mol. The van der Waals surface area contributed by atoms with E-state index in [4.69, 9.17) is 4.74 Å². The predicted molar refractivity (Wildman–Crippen MR) is 59.5 cm³/mol. The number of rotatable bonds is 5. The normalized spacial score (nSPS) is 10.7. The molecule has 0 saturated heterocycles. The standard InChI is InChI=1S/C9H15NOS2/c1-3-4-9-10-7(5-11-2)8(6-12)13-9/h12H,3-6H2,1-2H3. The van der Waals surface area contributed by atoms with Crippen molar-refractivity contribution in [3.05, 3.63) is 15.6 Å². The van der Waals surface area contributed by atoms with Gasteiger partial charge in [0.05, 0.1) is 17.3 Å². The number of hydrogen-bond donors (Lipinski definition) is 1. The predicted octanol–water partition coefficient (Wildman–Crippen LogP) is 2.67. The van der Waals surface area contributed by atoms with E-state index in [2.05, 4.69) is 24.5 Å². The van der Waals surface area contributed by atoms with Gasteiger partial charge in [-0.2, -0.15) is 12.6 Å². The van der Waals surface area contributed by atoms with Crippen LogP contribution in [-0.4, -0.2) is 12.1 Å². The second kappa shape index (κ2) is 5.62. The second-order valence-electron chi connectivity index (χ2n) is 2.82. The molecule has 0 aliphatic carbocycles. The molecular weight excluding hydrogens is 202 g/mol. The lowest BCUT2D eigenvalue weighted by atomic mass is 10.3. The maximum Gasteiger partial charge on any atom is 0.0932 e. The van der Waals surface area contributed by atoms with Crippen LogP contribution in [0.15, 0.2) is 0 Å². The van der Waals surface area contributed by atoms with E-state index in [9.17, 15) is 0 Å². The highest BCUT2D eigenvalue weighted by Crippen LogP contribution is 2.22. The van der Waals surface area contributed by atoms with Crippen LogP contribution in [0.3, 0.4) is 0 Å². The lowest BCUT2D eigenvalue weighted by Gasteiger charge is -1.95. The molecule has 0 bridgehead atoms. The topological polar surface area (TPSA) is 22.1 Å². The van der Waals surface area contributed by atoms with E-state index in [1.54, 1.807) is 18.4 Å². The van der Waals surface area contributed by atoms with Gasteiger partial charge in [0.25, 0.3) is 0 Å². The fourth-order valence-electron chi connectivity index (χ4n) is 1.13. The molecule has 4 heteroatoms. The van der Waals surface area contributed by atoms with Gasteiger partial charge in [0.2, 0.25) is 0 Å². The molecular formula is C9H15NOS2. The lowest BCUT2D eigenvalue weighted by molar-refractivity contribution is 0.181. The number of nitrogens with zero attached hydrogens (tertiary/aromatic N) is 1. The van der Waals surface area contributed by atoms with Crippen molar-refractivity contribution >= 4 is 24.0 Å². The van der Waals surface area contributed by atoms with Crippen LogP contribution >= 0.6 is 24.0 Å². The van der Waals surface area contributed by atoms with E-state index in [1.165, 1.54) is 9.88 Å². The SMILES string of the molecule is CCCc1nc(COC)c(CS)s1. The maximum absolute atomic E-state index is 5.07. The van der Waals surface area contributed by atoms with Crippen LogP contribution < -0.4 is 0 Å². The Kier molecular flexibility index (Phi) is 4.77. The van der Waals surface area contributed by atoms with Gasteiger partial charge in [0.1, 0.15) is 0 Å².